The average molecular weight is 426 g/mol. The number of aliphatic hydroxyl groups excluding tert-OH is 2. The van der Waals surface area contributed by atoms with Gasteiger partial charge in [0.15, 0.2) is 17.7 Å². The number of rotatable bonds is 5. The van der Waals surface area contributed by atoms with Crippen LogP contribution in [0, 0.1) is 0 Å². The molecule has 28 heavy (non-hydrogen) atoms. The van der Waals surface area contributed by atoms with Crippen molar-refractivity contribution in [3.8, 4) is 0 Å². The number of carbonyl (C=O) groups is 1. The van der Waals surface area contributed by atoms with Gasteiger partial charge in [-0.15, -0.1) is 0 Å². The summed E-state index contributed by atoms with van der Waals surface area (Å²) in [7, 11) is -3.67. The van der Waals surface area contributed by atoms with Gasteiger partial charge in [0.1, 0.15) is 30.2 Å². The molecule has 0 radical (unpaired) electrons. The average Bonchev–Trinajstić information content (AvgIpc) is 3.16. The van der Waals surface area contributed by atoms with E-state index in [9.17, 15) is 23.4 Å². The van der Waals surface area contributed by atoms with Crippen LogP contribution in [-0.2, 0) is 24.0 Å². The number of imidazole rings is 1. The molecular formula is C12H15N6NaO8S. The van der Waals surface area contributed by atoms with Crippen molar-refractivity contribution in [2.45, 2.75) is 24.5 Å². The Balaban J connectivity index is 0.00000280. The van der Waals surface area contributed by atoms with Gasteiger partial charge < -0.3 is 30.1 Å². The van der Waals surface area contributed by atoms with Gasteiger partial charge in [0, 0.05) is 0 Å². The molecule has 0 spiro atoms. The van der Waals surface area contributed by atoms with E-state index in [4.69, 9.17) is 10.5 Å². The van der Waals surface area contributed by atoms with Crippen LogP contribution in [0.15, 0.2) is 12.7 Å². The molecule has 4 N–H and O–H groups in total. The summed E-state index contributed by atoms with van der Waals surface area (Å²) >= 11 is 0. The Morgan fingerprint density at radius 3 is 2.75 bits per heavy atom. The number of hydrogen-bond acceptors (Lipinski definition) is 12. The van der Waals surface area contributed by atoms with Crippen molar-refractivity contribution >= 4 is 33.4 Å². The van der Waals surface area contributed by atoms with E-state index in [1.165, 1.54) is 17.2 Å². The monoisotopic (exact) mass is 426 g/mol. The van der Waals surface area contributed by atoms with Gasteiger partial charge in [0.2, 0.25) is 16.4 Å². The summed E-state index contributed by atoms with van der Waals surface area (Å²) in [5.41, 5.74) is 6.20. The van der Waals surface area contributed by atoms with Gasteiger partial charge >= 0.3 is 29.6 Å². The second-order valence-corrected chi connectivity index (χ2v) is 6.68. The zero-order valence-corrected chi connectivity index (χ0v) is 17.6. The number of amides is 1. The summed E-state index contributed by atoms with van der Waals surface area (Å²) in [5.74, 6) is 0.113. The second-order valence-electron chi connectivity index (χ2n) is 5.40. The third-order valence-corrected chi connectivity index (χ3v) is 4.55. The number of nitrogen functional groups attached to an aromatic ring is 1. The number of hydrogen-bond donors (Lipinski definition) is 3. The van der Waals surface area contributed by atoms with Crippen LogP contribution < -0.4 is 35.3 Å². The molecule has 4 atom stereocenters. The smallest absolute Gasteiger partial charge is 0.486 e. The van der Waals surface area contributed by atoms with Crippen molar-refractivity contribution in [1.29, 1.82) is 0 Å². The molecule has 0 aromatic carbocycles. The van der Waals surface area contributed by atoms with Crippen LogP contribution in [0.3, 0.4) is 0 Å². The Kier molecular flexibility index (Phi) is 7.16. The maximum atomic E-state index is 11.5. The van der Waals surface area contributed by atoms with Crippen LogP contribution in [-0.4, -0.2) is 76.3 Å². The predicted octanol–water partition coefficient (Wildman–Crippen LogP) is -4.57. The maximum absolute atomic E-state index is 11.5. The Labute approximate surface area is 180 Å². The quantitative estimate of drug-likeness (QED) is 0.387. The molecule has 2 aromatic rings. The first-order chi connectivity index (χ1) is 12.7. The van der Waals surface area contributed by atoms with Crippen LogP contribution in [0.25, 0.3) is 15.9 Å². The normalized spacial score (nSPS) is 24.7. The van der Waals surface area contributed by atoms with Crippen LogP contribution in [0.4, 0.5) is 10.6 Å². The number of ether oxygens (including phenoxy) is 2. The molecule has 0 saturated carbocycles. The molecule has 2 aromatic heterocycles. The summed E-state index contributed by atoms with van der Waals surface area (Å²) < 4.78 is 41.2. The van der Waals surface area contributed by atoms with Gasteiger partial charge in [-0.3, -0.25) is 13.5 Å². The minimum absolute atomic E-state index is 0. The van der Waals surface area contributed by atoms with E-state index in [0.717, 1.165) is 7.11 Å². The first-order valence-electron chi connectivity index (χ1n) is 7.38. The van der Waals surface area contributed by atoms with Gasteiger partial charge in [0.25, 0.3) is 0 Å². The Hall–Kier alpha value is -1.59. The molecule has 0 unspecified atom stereocenters. The number of nitrogens with zero attached hydrogens (tertiary/aromatic N) is 5. The van der Waals surface area contributed by atoms with Gasteiger partial charge in [0.05, 0.1) is 20.0 Å². The van der Waals surface area contributed by atoms with E-state index in [1.807, 2.05) is 0 Å². The van der Waals surface area contributed by atoms with Gasteiger partial charge in [-0.05, 0) is 0 Å². The summed E-state index contributed by atoms with van der Waals surface area (Å²) in [5, 5.41) is 20.4. The van der Waals surface area contributed by atoms with Crippen molar-refractivity contribution in [3.63, 3.8) is 0 Å². The first-order valence-corrected chi connectivity index (χ1v) is 8.75. The maximum Gasteiger partial charge on any atom is 1.00 e. The molecule has 1 saturated heterocycles. The Morgan fingerprint density at radius 1 is 1.36 bits per heavy atom. The van der Waals surface area contributed by atoms with Crippen LogP contribution >= 0.6 is 0 Å². The van der Waals surface area contributed by atoms with Crippen molar-refractivity contribution < 1.29 is 66.6 Å². The van der Waals surface area contributed by atoms with Crippen molar-refractivity contribution in [1.82, 2.24) is 19.5 Å². The minimum atomic E-state index is -4.61. The Morgan fingerprint density at radius 2 is 2.07 bits per heavy atom. The third kappa shape index (κ3) is 4.52. The molecule has 1 amide bonds. The van der Waals surface area contributed by atoms with E-state index in [-0.39, 0.29) is 46.5 Å². The fourth-order valence-corrected chi connectivity index (χ4v) is 3.08. The van der Waals surface area contributed by atoms with E-state index in [1.54, 1.807) is 0 Å². The molecule has 148 valence electrons. The molecule has 14 nitrogen and oxygen atoms in total. The fraction of sp³-hybridized carbons (Fsp3) is 0.500. The molecule has 3 heterocycles. The Bertz CT molecular complexity index is 955. The molecule has 1 aliphatic heterocycles. The number of anilines is 1. The topological polar surface area (TPSA) is 203 Å². The predicted molar refractivity (Wildman–Crippen MR) is 86.3 cm³/mol. The first kappa shape index (κ1) is 22.7. The van der Waals surface area contributed by atoms with Crippen molar-refractivity contribution in [2.24, 2.45) is 0 Å². The molecule has 0 aliphatic carbocycles. The number of methoxy groups -OCH3 is 1. The van der Waals surface area contributed by atoms with E-state index in [0.29, 0.717) is 0 Å². The van der Waals surface area contributed by atoms with Crippen molar-refractivity contribution in [3.05, 3.63) is 17.4 Å². The molecule has 1 fully saturated rings. The minimum Gasteiger partial charge on any atom is -0.486 e. The fourth-order valence-electron chi connectivity index (χ4n) is 2.46. The van der Waals surface area contributed by atoms with E-state index >= 15 is 0 Å². The summed E-state index contributed by atoms with van der Waals surface area (Å²) in [4.78, 5) is 22.7. The number of carbonyl (C=O) groups excluding carboxylic acids is 1. The largest absolute Gasteiger partial charge is 1.00 e. The summed E-state index contributed by atoms with van der Waals surface area (Å²) in [6.07, 6.45) is -4.24. The molecule has 1 aliphatic rings. The zero-order valence-electron chi connectivity index (χ0n) is 14.7. The SMILES string of the molecule is COC(=O)[N-]S(=O)(=O)OC[C@H]1O[C@@H](n2cnc3c(N)ncnc32)[C@H](O)[C@@H]1O.[Na+]. The van der Waals surface area contributed by atoms with Crippen LogP contribution in [0.1, 0.15) is 6.23 Å². The van der Waals surface area contributed by atoms with Gasteiger partial charge in [-0.1, -0.05) is 0 Å². The third-order valence-electron chi connectivity index (χ3n) is 3.74. The second kappa shape index (κ2) is 8.83. The van der Waals surface area contributed by atoms with Crippen molar-refractivity contribution in [2.75, 3.05) is 19.5 Å². The standard InChI is InChI=1S/C12H16N6O8S.Na/c1-24-12(21)17-27(22,23)25-2-5-7(19)8(20)11(26-5)18-4-16-6-9(13)14-3-15-10(6)18;/h3-5,7-8,11,19-20H,2H2,1H3,(H3,13,14,15,17,21);/q;+1/p-1/t5-,7-,8-,11-;/m1./s1. The number of nitrogens with two attached hydrogens (primary N) is 1. The van der Waals surface area contributed by atoms with Gasteiger partial charge in [-0.25, -0.2) is 23.4 Å². The van der Waals surface area contributed by atoms with Crippen LogP contribution in [0.2, 0.25) is 0 Å². The van der Waals surface area contributed by atoms with E-state index < -0.39 is 47.5 Å². The van der Waals surface area contributed by atoms with Gasteiger partial charge in [-0.2, -0.15) is 0 Å². The number of fused-ring (bicyclic) bond motifs is 1. The summed E-state index contributed by atoms with van der Waals surface area (Å²) in [6, 6.07) is 0. The molecular weight excluding hydrogens is 411 g/mol. The summed E-state index contributed by atoms with van der Waals surface area (Å²) in [6.45, 7) is -0.707. The number of aromatic nitrogens is 4. The molecule has 0 bridgehead atoms. The zero-order chi connectivity index (χ0) is 19.8. The van der Waals surface area contributed by atoms with E-state index in [2.05, 4.69) is 28.6 Å². The number of aliphatic hydroxyl groups is 2. The molecule has 3 rings (SSSR count). The molecule has 16 heteroatoms. The van der Waals surface area contributed by atoms with Crippen LogP contribution in [0.5, 0.6) is 0 Å².